The van der Waals surface area contributed by atoms with Gasteiger partial charge in [0, 0.05) is 11.8 Å². The topological polar surface area (TPSA) is 48.1 Å². The molecule has 0 radical (unpaired) electrons. The summed E-state index contributed by atoms with van der Waals surface area (Å²) in [6.45, 7) is 0.378. The summed E-state index contributed by atoms with van der Waals surface area (Å²) in [4.78, 5) is 4.43. The van der Waals surface area contributed by atoms with Crippen molar-refractivity contribution in [3.63, 3.8) is 0 Å². The first-order chi connectivity index (χ1) is 8.68. The maximum atomic E-state index is 5.71. The van der Waals surface area contributed by atoms with Gasteiger partial charge in [-0.25, -0.2) is 0 Å². The van der Waals surface area contributed by atoms with E-state index in [1.807, 2.05) is 36.4 Å². The lowest BCUT2D eigenvalue weighted by Gasteiger charge is -2.10. The lowest BCUT2D eigenvalue weighted by atomic mass is 10.2. The fraction of sp³-hybridized carbons (Fsp3) is 0.0769. The Balaban J connectivity index is 2.16. The fourth-order valence-corrected chi connectivity index (χ4v) is 2.08. The number of thiocarbonyl (C=S) groups is 1. The average Bonchev–Trinajstić information content (AvgIpc) is 2.38. The Morgan fingerprint density at radius 1 is 1.28 bits per heavy atom. The van der Waals surface area contributed by atoms with E-state index in [-0.39, 0.29) is 4.99 Å². The van der Waals surface area contributed by atoms with E-state index in [9.17, 15) is 0 Å². The molecule has 0 saturated heterocycles. The van der Waals surface area contributed by atoms with Crippen LogP contribution in [0.2, 0.25) is 0 Å². The predicted octanol–water partition coefficient (Wildman–Crippen LogP) is 3.06. The summed E-state index contributed by atoms with van der Waals surface area (Å²) in [6, 6.07) is 11.4. The molecule has 1 aromatic heterocycles. The summed E-state index contributed by atoms with van der Waals surface area (Å²) in [5.74, 6) is 0.773. The van der Waals surface area contributed by atoms with E-state index >= 15 is 0 Å². The number of nitrogens with zero attached hydrogens (tertiary/aromatic N) is 1. The number of aromatic nitrogens is 1. The molecule has 0 spiro atoms. The molecular formula is C13H11BrN2OS. The molecule has 1 aromatic carbocycles. The molecule has 3 nitrogen and oxygen atoms in total. The first kappa shape index (κ1) is 13.0. The third kappa shape index (κ3) is 3.05. The van der Waals surface area contributed by atoms with Gasteiger partial charge in [0.05, 0.1) is 4.47 Å². The van der Waals surface area contributed by atoms with Crippen molar-refractivity contribution in [1.29, 1.82) is 0 Å². The molecule has 2 N–H and O–H groups in total. The van der Waals surface area contributed by atoms with E-state index in [0.29, 0.717) is 12.3 Å². The number of pyridine rings is 1. The Labute approximate surface area is 119 Å². The molecule has 0 fully saturated rings. The molecule has 0 bridgehead atoms. The molecule has 2 aromatic rings. The first-order valence-corrected chi connectivity index (χ1v) is 6.49. The molecule has 0 aliphatic heterocycles. The quantitative estimate of drug-likeness (QED) is 0.879. The average molecular weight is 323 g/mol. The van der Waals surface area contributed by atoms with Gasteiger partial charge in [-0.3, -0.25) is 4.98 Å². The SMILES string of the molecule is NC(=S)c1ncccc1COc1ccccc1Br. The van der Waals surface area contributed by atoms with E-state index in [1.54, 1.807) is 6.20 Å². The van der Waals surface area contributed by atoms with Gasteiger partial charge in [-0.1, -0.05) is 30.4 Å². The lowest BCUT2D eigenvalue weighted by Crippen LogP contribution is -2.15. The minimum Gasteiger partial charge on any atom is -0.488 e. The highest BCUT2D eigenvalue weighted by atomic mass is 79.9. The summed E-state index contributed by atoms with van der Waals surface area (Å²) in [5, 5.41) is 0. The van der Waals surface area contributed by atoms with Crippen LogP contribution in [-0.4, -0.2) is 9.97 Å². The monoisotopic (exact) mass is 322 g/mol. The van der Waals surface area contributed by atoms with Crippen molar-refractivity contribution < 1.29 is 4.74 Å². The van der Waals surface area contributed by atoms with Crippen LogP contribution in [0.5, 0.6) is 5.75 Å². The second kappa shape index (κ2) is 5.93. The van der Waals surface area contributed by atoms with Crippen LogP contribution in [0.1, 0.15) is 11.3 Å². The lowest BCUT2D eigenvalue weighted by molar-refractivity contribution is 0.303. The minimum atomic E-state index is 0.279. The van der Waals surface area contributed by atoms with Gasteiger partial charge in [0.2, 0.25) is 0 Å². The molecule has 5 heteroatoms. The maximum absolute atomic E-state index is 5.71. The summed E-state index contributed by atoms with van der Waals surface area (Å²) in [5.41, 5.74) is 7.10. The van der Waals surface area contributed by atoms with E-state index < -0.39 is 0 Å². The second-order valence-corrected chi connectivity index (χ2v) is 4.89. The predicted molar refractivity (Wildman–Crippen MR) is 78.6 cm³/mol. The zero-order valence-electron chi connectivity index (χ0n) is 9.47. The number of hydrogen-bond acceptors (Lipinski definition) is 3. The Hall–Kier alpha value is -1.46. The van der Waals surface area contributed by atoms with Gasteiger partial charge in [0.1, 0.15) is 23.0 Å². The van der Waals surface area contributed by atoms with Crippen molar-refractivity contribution >= 4 is 33.1 Å². The molecular weight excluding hydrogens is 312 g/mol. The summed E-state index contributed by atoms with van der Waals surface area (Å²) in [6.07, 6.45) is 1.66. The molecule has 0 amide bonds. The highest BCUT2D eigenvalue weighted by Crippen LogP contribution is 2.24. The molecule has 18 heavy (non-hydrogen) atoms. The van der Waals surface area contributed by atoms with Crippen LogP contribution in [0.3, 0.4) is 0 Å². The van der Waals surface area contributed by atoms with E-state index in [1.165, 1.54) is 0 Å². The van der Waals surface area contributed by atoms with Gasteiger partial charge in [0.15, 0.2) is 0 Å². The third-order valence-electron chi connectivity index (χ3n) is 2.34. The zero-order valence-corrected chi connectivity index (χ0v) is 11.9. The Morgan fingerprint density at radius 2 is 2.06 bits per heavy atom. The van der Waals surface area contributed by atoms with Crippen LogP contribution < -0.4 is 10.5 Å². The standard InChI is InChI=1S/C13H11BrN2OS/c14-10-5-1-2-6-11(10)17-8-9-4-3-7-16-12(9)13(15)18/h1-7H,8H2,(H2,15,18). The van der Waals surface area contributed by atoms with Crippen molar-refractivity contribution in [1.82, 2.24) is 4.98 Å². The minimum absolute atomic E-state index is 0.279. The first-order valence-electron chi connectivity index (χ1n) is 5.29. The van der Waals surface area contributed by atoms with E-state index in [0.717, 1.165) is 15.8 Å². The number of halogens is 1. The third-order valence-corrected chi connectivity index (χ3v) is 3.19. The van der Waals surface area contributed by atoms with E-state index in [2.05, 4.69) is 20.9 Å². The second-order valence-electron chi connectivity index (χ2n) is 3.59. The molecule has 0 aliphatic rings. The van der Waals surface area contributed by atoms with Crippen LogP contribution in [-0.2, 0) is 6.61 Å². The normalized spacial score (nSPS) is 10.1. The number of nitrogens with two attached hydrogens (primary N) is 1. The highest BCUT2D eigenvalue weighted by molar-refractivity contribution is 9.10. The van der Waals surface area contributed by atoms with Crippen molar-refractivity contribution in [2.24, 2.45) is 5.73 Å². The number of benzene rings is 1. The van der Waals surface area contributed by atoms with Crippen molar-refractivity contribution in [2.45, 2.75) is 6.61 Å². The van der Waals surface area contributed by atoms with Crippen LogP contribution >= 0.6 is 28.1 Å². The molecule has 0 atom stereocenters. The largest absolute Gasteiger partial charge is 0.488 e. The van der Waals surface area contributed by atoms with Gasteiger partial charge in [-0.15, -0.1) is 0 Å². The fourth-order valence-electron chi connectivity index (χ4n) is 1.49. The number of hydrogen-bond donors (Lipinski definition) is 1. The summed E-state index contributed by atoms with van der Waals surface area (Å²) >= 11 is 8.38. The number of ether oxygens (including phenoxy) is 1. The molecule has 1 heterocycles. The van der Waals surface area contributed by atoms with Crippen molar-refractivity contribution in [3.8, 4) is 5.75 Å². The number of rotatable bonds is 4. The van der Waals surface area contributed by atoms with Crippen molar-refractivity contribution in [3.05, 3.63) is 58.3 Å². The van der Waals surface area contributed by atoms with Gasteiger partial charge >= 0.3 is 0 Å². The summed E-state index contributed by atoms with van der Waals surface area (Å²) in [7, 11) is 0. The van der Waals surface area contributed by atoms with Crippen LogP contribution in [0, 0.1) is 0 Å². The smallest absolute Gasteiger partial charge is 0.133 e. The maximum Gasteiger partial charge on any atom is 0.133 e. The zero-order chi connectivity index (χ0) is 13.0. The van der Waals surface area contributed by atoms with Crippen LogP contribution in [0.4, 0.5) is 0 Å². The van der Waals surface area contributed by atoms with E-state index in [4.69, 9.17) is 22.7 Å². The number of para-hydroxylation sites is 1. The highest BCUT2D eigenvalue weighted by Gasteiger charge is 2.07. The van der Waals surface area contributed by atoms with Crippen LogP contribution in [0.25, 0.3) is 0 Å². The van der Waals surface area contributed by atoms with Gasteiger partial charge < -0.3 is 10.5 Å². The Morgan fingerprint density at radius 3 is 2.78 bits per heavy atom. The summed E-state index contributed by atoms with van der Waals surface area (Å²) < 4.78 is 6.62. The molecule has 0 saturated carbocycles. The van der Waals surface area contributed by atoms with Gasteiger partial charge in [-0.2, -0.15) is 0 Å². The Kier molecular flexibility index (Phi) is 4.28. The van der Waals surface area contributed by atoms with Crippen molar-refractivity contribution in [2.75, 3.05) is 0 Å². The molecule has 0 unspecified atom stereocenters. The van der Waals surface area contributed by atoms with Gasteiger partial charge in [0.25, 0.3) is 0 Å². The molecule has 92 valence electrons. The van der Waals surface area contributed by atoms with Crippen LogP contribution in [0.15, 0.2) is 47.1 Å². The molecule has 2 rings (SSSR count). The molecule has 0 aliphatic carbocycles. The van der Waals surface area contributed by atoms with Gasteiger partial charge in [-0.05, 0) is 34.1 Å². The Bertz CT molecular complexity index is 574.